The summed E-state index contributed by atoms with van der Waals surface area (Å²) in [6, 6.07) is 7.94. The topological polar surface area (TPSA) is 96.1 Å². The lowest BCUT2D eigenvalue weighted by molar-refractivity contribution is 0.0313. The van der Waals surface area contributed by atoms with E-state index in [-0.39, 0.29) is 10.7 Å². The van der Waals surface area contributed by atoms with E-state index in [1.807, 2.05) is 24.3 Å². The van der Waals surface area contributed by atoms with Crippen LogP contribution < -0.4 is 5.32 Å². The van der Waals surface area contributed by atoms with Gasteiger partial charge in [-0.15, -0.1) is 11.8 Å². The van der Waals surface area contributed by atoms with E-state index in [0.717, 1.165) is 10.0 Å². The number of thioether (sulfide) groups is 1. The van der Waals surface area contributed by atoms with Crippen LogP contribution in [0.15, 0.2) is 35.1 Å². The molecule has 1 saturated heterocycles. The zero-order valence-corrected chi connectivity index (χ0v) is 16.5. The van der Waals surface area contributed by atoms with Gasteiger partial charge in [0.25, 0.3) is 0 Å². The number of aliphatic hydroxyl groups excluding tert-OH is 2. The van der Waals surface area contributed by atoms with Crippen molar-refractivity contribution in [2.45, 2.75) is 24.1 Å². The van der Waals surface area contributed by atoms with Crippen molar-refractivity contribution >= 4 is 56.3 Å². The van der Waals surface area contributed by atoms with E-state index in [9.17, 15) is 10.2 Å². The molecule has 26 heavy (non-hydrogen) atoms. The predicted molar refractivity (Wildman–Crippen MR) is 105 cm³/mol. The van der Waals surface area contributed by atoms with Crippen LogP contribution in [-0.4, -0.2) is 47.7 Å². The first-order valence-electron chi connectivity index (χ1n) is 7.89. The lowest BCUT2D eigenvalue weighted by atomic mass is 10.2. The highest BCUT2D eigenvalue weighted by molar-refractivity contribution is 9.10. The molecule has 1 aromatic carbocycles. The number of nitrogens with zero attached hydrogens (tertiary/aromatic N) is 4. The molecule has 3 heterocycles. The zero-order valence-electron chi connectivity index (χ0n) is 13.4. The molecular formula is C16H15BrClN5O2S. The molecular weight excluding hydrogens is 442 g/mol. The molecule has 0 saturated carbocycles. The number of nitrogens with one attached hydrogen (secondary N) is 1. The Morgan fingerprint density at radius 2 is 2.19 bits per heavy atom. The molecule has 1 fully saturated rings. The SMILES string of the molecule is OC1CS[C@@H](n2cnc3c(NCc4cccc(Br)c4)nc(Cl)nc32)C1O. The first kappa shape index (κ1) is 18.0. The van der Waals surface area contributed by atoms with Gasteiger partial charge in [-0.2, -0.15) is 9.97 Å². The molecule has 0 radical (unpaired) electrons. The summed E-state index contributed by atoms with van der Waals surface area (Å²) in [4.78, 5) is 12.9. The molecule has 0 spiro atoms. The number of aliphatic hydroxyl groups is 2. The van der Waals surface area contributed by atoms with Gasteiger partial charge in [0.15, 0.2) is 17.0 Å². The van der Waals surface area contributed by atoms with E-state index >= 15 is 0 Å². The monoisotopic (exact) mass is 455 g/mol. The fourth-order valence-corrected chi connectivity index (χ4v) is 4.76. The van der Waals surface area contributed by atoms with Crippen LogP contribution in [0, 0.1) is 0 Å². The molecule has 4 rings (SSSR count). The lowest BCUT2D eigenvalue weighted by Crippen LogP contribution is -2.27. The summed E-state index contributed by atoms with van der Waals surface area (Å²) in [5.74, 6) is 0.981. The molecule has 3 N–H and O–H groups in total. The summed E-state index contributed by atoms with van der Waals surface area (Å²) < 4.78 is 2.73. The third kappa shape index (κ3) is 3.41. The van der Waals surface area contributed by atoms with Gasteiger partial charge in [0.1, 0.15) is 11.5 Å². The third-order valence-corrected chi connectivity index (χ3v) is 6.19. The molecule has 3 atom stereocenters. The number of halogens is 2. The standard InChI is InChI=1S/C16H15BrClN5O2S/c17-9-3-1-2-8(4-9)5-19-13-11-14(22-16(18)21-13)23(7-20-11)15-12(25)10(24)6-26-15/h1-4,7,10,12,15,24-25H,5-6H2,(H,19,21,22)/t10?,12?,15-/m1/s1. The number of fused-ring (bicyclic) bond motifs is 1. The molecule has 3 aromatic rings. The minimum Gasteiger partial charge on any atom is -0.389 e. The summed E-state index contributed by atoms with van der Waals surface area (Å²) in [5.41, 5.74) is 2.16. The molecule has 0 bridgehead atoms. The van der Waals surface area contributed by atoms with Crippen molar-refractivity contribution in [1.82, 2.24) is 19.5 Å². The molecule has 7 nitrogen and oxygen atoms in total. The smallest absolute Gasteiger partial charge is 0.226 e. The second-order valence-corrected chi connectivity index (χ2v) is 8.33. The van der Waals surface area contributed by atoms with Crippen molar-refractivity contribution in [3.63, 3.8) is 0 Å². The summed E-state index contributed by atoms with van der Waals surface area (Å²) in [6.45, 7) is 0.550. The summed E-state index contributed by atoms with van der Waals surface area (Å²) >= 11 is 11.0. The van der Waals surface area contributed by atoms with Crippen molar-refractivity contribution in [3.05, 3.63) is 45.9 Å². The van der Waals surface area contributed by atoms with Crippen LogP contribution in [-0.2, 0) is 6.54 Å². The first-order valence-corrected chi connectivity index (χ1v) is 10.1. The molecule has 0 aliphatic carbocycles. The van der Waals surface area contributed by atoms with Crippen molar-refractivity contribution in [2.24, 2.45) is 0 Å². The average Bonchev–Trinajstić information content (AvgIpc) is 3.17. The van der Waals surface area contributed by atoms with Gasteiger partial charge in [-0.3, -0.25) is 4.57 Å². The van der Waals surface area contributed by atoms with E-state index in [0.29, 0.717) is 29.3 Å². The minimum atomic E-state index is -0.885. The molecule has 1 aliphatic rings. The quantitative estimate of drug-likeness (QED) is 0.520. The van der Waals surface area contributed by atoms with Crippen molar-refractivity contribution in [2.75, 3.05) is 11.1 Å². The summed E-state index contributed by atoms with van der Waals surface area (Å²) in [6.07, 6.45) is -0.0584. The molecule has 10 heteroatoms. The minimum absolute atomic E-state index is 0.0917. The van der Waals surface area contributed by atoms with Gasteiger partial charge in [-0.25, -0.2) is 4.98 Å². The normalized spacial score (nSPS) is 22.8. The maximum atomic E-state index is 10.2. The molecule has 0 amide bonds. The molecule has 136 valence electrons. The van der Waals surface area contributed by atoms with Gasteiger partial charge in [-0.05, 0) is 29.3 Å². The predicted octanol–water partition coefficient (Wildman–Crippen LogP) is 2.82. The highest BCUT2D eigenvalue weighted by Gasteiger charge is 2.36. The Bertz CT molecular complexity index is 956. The van der Waals surface area contributed by atoms with Crippen LogP contribution in [0.5, 0.6) is 0 Å². The van der Waals surface area contributed by atoms with E-state index in [4.69, 9.17) is 11.6 Å². The Morgan fingerprint density at radius 1 is 1.35 bits per heavy atom. The number of rotatable bonds is 4. The maximum Gasteiger partial charge on any atom is 0.226 e. The van der Waals surface area contributed by atoms with Crippen LogP contribution in [0.4, 0.5) is 5.82 Å². The van der Waals surface area contributed by atoms with E-state index < -0.39 is 12.2 Å². The Hall–Kier alpha value is -1.39. The largest absolute Gasteiger partial charge is 0.389 e. The van der Waals surface area contributed by atoms with Crippen LogP contribution in [0.25, 0.3) is 11.2 Å². The van der Waals surface area contributed by atoms with Crippen molar-refractivity contribution in [3.8, 4) is 0 Å². The number of anilines is 1. The van der Waals surface area contributed by atoms with E-state index in [1.54, 1.807) is 10.9 Å². The van der Waals surface area contributed by atoms with Crippen LogP contribution in [0.2, 0.25) is 5.28 Å². The molecule has 2 aromatic heterocycles. The highest BCUT2D eigenvalue weighted by atomic mass is 79.9. The van der Waals surface area contributed by atoms with Crippen LogP contribution in [0.3, 0.4) is 0 Å². The summed E-state index contributed by atoms with van der Waals surface area (Å²) in [7, 11) is 0. The van der Waals surface area contributed by atoms with Crippen molar-refractivity contribution < 1.29 is 10.2 Å². The second kappa shape index (κ2) is 7.32. The molecule has 2 unspecified atom stereocenters. The van der Waals surface area contributed by atoms with Gasteiger partial charge in [-0.1, -0.05) is 28.1 Å². The second-order valence-electron chi connectivity index (χ2n) is 5.93. The summed E-state index contributed by atoms with van der Waals surface area (Å²) in [5, 5.41) is 23.0. The number of benzene rings is 1. The van der Waals surface area contributed by atoms with Gasteiger partial charge in [0, 0.05) is 16.8 Å². The van der Waals surface area contributed by atoms with Gasteiger partial charge in [0.2, 0.25) is 5.28 Å². The lowest BCUT2D eigenvalue weighted by Gasteiger charge is -2.17. The van der Waals surface area contributed by atoms with Gasteiger partial charge in [0.05, 0.1) is 12.4 Å². The molecule has 1 aliphatic heterocycles. The fourth-order valence-electron chi connectivity index (χ4n) is 2.86. The van der Waals surface area contributed by atoms with Crippen molar-refractivity contribution in [1.29, 1.82) is 0 Å². The van der Waals surface area contributed by atoms with Crippen LogP contribution >= 0.6 is 39.3 Å². The van der Waals surface area contributed by atoms with E-state index in [1.165, 1.54) is 11.8 Å². The number of imidazole rings is 1. The first-order chi connectivity index (χ1) is 12.5. The van der Waals surface area contributed by atoms with Crippen LogP contribution in [0.1, 0.15) is 10.9 Å². The van der Waals surface area contributed by atoms with E-state index in [2.05, 4.69) is 36.2 Å². The van der Waals surface area contributed by atoms with Gasteiger partial charge < -0.3 is 15.5 Å². The Morgan fingerprint density at radius 3 is 2.92 bits per heavy atom. The third-order valence-electron chi connectivity index (χ3n) is 4.14. The Kier molecular flexibility index (Phi) is 5.07. The Balaban J connectivity index is 1.66. The number of aromatic nitrogens is 4. The highest BCUT2D eigenvalue weighted by Crippen LogP contribution is 2.38. The Labute approximate surface area is 166 Å². The maximum absolute atomic E-state index is 10.2. The number of hydrogen-bond acceptors (Lipinski definition) is 7. The number of hydrogen-bond donors (Lipinski definition) is 3. The fraction of sp³-hybridized carbons (Fsp3) is 0.312. The zero-order chi connectivity index (χ0) is 18.3. The average molecular weight is 457 g/mol. The van der Waals surface area contributed by atoms with Gasteiger partial charge >= 0.3 is 0 Å².